The summed E-state index contributed by atoms with van der Waals surface area (Å²) in [4.78, 5) is 0. The van der Waals surface area contributed by atoms with Crippen LogP contribution in [0.4, 0.5) is 0 Å². The predicted octanol–water partition coefficient (Wildman–Crippen LogP) is 13.2. The van der Waals surface area contributed by atoms with Gasteiger partial charge in [-0.25, -0.2) is 0 Å². The number of fused-ring (bicyclic) bond motifs is 5. The fraction of sp³-hybridized carbons (Fsp3) is 0.0588. The van der Waals surface area contributed by atoms with E-state index in [1.165, 1.54) is 105 Å². The van der Waals surface area contributed by atoms with Crippen molar-refractivity contribution >= 4 is 43.2 Å². The number of hydrogen-bond acceptors (Lipinski definition) is 0. The summed E-state index contributed by atoms with van der Waals surface area (Å²) < 4.78 is 2.48. The van der Waals surface area contributed by atoms with Gasteiger partial charge in [-0.1, -0.05) is 152 Å². The Morgan fingerprint density at radius 3 is 1.77 bits per heavy atom. The summed E-state index contributed by atoms with van der Waals surface area (Å²) in [6.45, 7) is 4.54. The third-order valence-corrected chi connectivity index (χ3v) is 12.0. The van der Waals surface area contributed by atoms with Gasteiger partial charge in [0.15, 0.2) is 0 Å². The van der Waals surface area contributed by atoms with Crippen LogP contribution in [0.1, 0.15) is 33.5 Å². The first-order valence-corrected chi connectivity index (χ1v) is 18.3. The zero-order valence-electron chi connectivity index (χ0n) is 29.2. The van der Waals surface area contributed by atoms with Crippen molar-refractivity contribution in [2.45, 2.75) is 19.3 Å². The standard InChI is InChI=1S/C51H35N/c1-32-33(2)52(50-44-29-24-36-13-11-12-35-20-21-38(30-45(32)50)49(44)48(35)36)41-26-22-34(23-27-41)37-25-28-43-42-18-9-10-19-46(42)51(47(43)31-37,39-14-5-3-6-15-39)40-16-7-4-8-17-40/h3-31H,1-2H3. The molecule has 0 saturated carbocycles. The Labute approximate surface area is 303 Å². The Balaban J connectivity index is 1.09. The van der Waals surface area contributed by atoms with Crippen molar-refractivity contribution in [1.29, 1.82) is 0 Å². The maximum absolute atomic E-state index is 2.48. The van der Waals surface area contributed by atoms with Gasteiger partial charge in [0.05, 0.1) is 10.9 Å². The predicted molar refractivity (Wildman–Crippen MR) is 219 cm³/mol. The van der Waals surface area contributed by atoms with Crippen molar-refractivity contribution in [3.05, 3.63) is 209 Å². The van der Waals surface area contributed by atoms with Crippen LogP contribution in [0.2, 0.25) is 0 Å². The maximum Gasteiger partial charge on any atom is 0.0713 e. The Hall–Kier alpha value is -6.44. The fourth-order valence-corrected chi connectivity index (χ4v) is 9.60. The van der Waals surface area contributed by atoms with Crippen LogP contribution in [-0.2, 0) is 5.41 Å². The van der Waals surface area contributed by atoms with E-state index in [1.807, 2.05) is 0 Å². The highest BCUT2D eigenvalue weighted by Gasteiger charge is 2.46. The molecule has 0 bridgehead atoms. The van der Waals surface area contributed by atoms with Crippen LogP contribution < -0.4 is 0 Å². The molecule has 0 atom stereocenters. The van der Waals surface area contributed by atoms with Crippen molar-refractivity contribution in [2.24, 2.45) is 0 Å². The second kappa shape index (κ2) is 10.8. The van der Waals surface area contributed by atoms with E-state index >= 15 is 0 Å². The second-order valence-corrected chi connectivity index (χ2v) is 14.5. The number of nitrogens with zero attached hydrogens (tertiary/aromatic N) is 1. The zero-order valence-corrected chi connectivity index (χ0v) is 29.2. The van der Waals surface area contributed by atoms with Crippen LogP contribution in [0.3, 0.4) is 0 Å². The molecule has 1 heteroatoms. The molecule has 1 aromatic heterocycles. The van der Waals surface area contributed by atoms with Gasteiger partial charge >= 0.3 is 0 Å². The molecule has 0 saturated heterocycles. The number of rotatable bonds is 4. The smallest absolute Gasteiger partial charge is 0.0713 e. The molecule has 10 aromatic rings. The Morgan fingerprint density at radius 2 is 1.04 bits per heavy atom. The van der Waals surface area contributed by atoms with Crippen LogP contribution in [0.25, 0.3) is 71.2 Å². The summed E-state index contributed by atoms with van der Waals surface area (Å²) in [6, 6.07) is 65.7. The van der Waals surface area contributed by atoms with Crippen LogP contribution in [-0.4, -0.2) is 4.57 Å². The average molecular weight is 662 g/mol. The van der Waals surface area contributed by atoms with Gasteiger partial charge in [-0.05, 0) is 115 Å². The zero-order chi connectivity index (χ0) is 34.6. The van der Waals surface area contributed by atoms with E-state index in [0.29, 0.717) is 0 Å². The fourth-order valence-electron chi connectivity index (χ4n) is 9.60. The molecular weight excluding hydrogens is 627 g/mol. The number of aromatic nitrogens is 1. The molecule has 0 aliphatic heterocycles. The van der Waals surface area contributed by atoms with Crippen molar-refractivity contribution in [3.63, 3.8) is 0 Å². The Bertz CT molecular complexity index is 2950. The molecule has 1 heterocycles. The third kappa shape index (κ3) is 3.83. The van der Waals surface area contributed by atoms with Gasteiger partial charge in [-0.15, -0.1) is 0 Å². The molecule has 0 spiro atoms. The molecule has 52 heavy (non-hydrogen) atoms. The molecule has 244 valence electrons. The average Bonchev–Trinajstić information content (AvgIpc) is 3.65. The molecule has 1 nitrogen and oxygen atoms in total. The van der Waals surface area contributed by atoms with Gasteiger partial charge in [-0.2, -0.15) is 0 Å². The van der Waals surface area contributed by atoms with Gasteiger partial charge < -0.3 is 4.57 Å². The normalized spacial score (nSPS) is 13.3. The lowest BCUT2D eigenvalue weighted by Gasteiger charge is -2.34. The number of hydrogen-bond donors (Lipinski definition) is 0. The molecule has 1 aliphatic carbocycles. The van der Waals surface area contributed by atoms with E-state index in [2.05, 4.69) is 194 Å². The quantitative estimate of drug-likeness (QED) is 0.165. The first kappa shape index (κ1) is 29.3. The molecule has 0 unspecified atom stereocenters. The SMILES string of the molecule is Cc1c(C)n(-c2ccc(-c3ccc4c(c3)C(c3ccccc3)(c3ccccc3)c3ccccc3-4)cc2)c2c1cc1ccc3cccc4ccc2c1c34. The van der Waals surface area contributed by atoms with E-state index in [0.717, 1.165) is 0 Å². The third-order valence-electron chi connectivity index (χ3n) is 12.0. The van der Waals surface area contributed by atoms with Gasteiger partial charge in [-0.3, -0.25) is 0 Å². The van der Waals surface area contributed by atoms with Gasteiger partial charge in [0.2, 0.25) is 0 Å². The van der Waals surface area contributed by atoms with E-state index in [-0.39, 0.29) is 0 Å². The maximum atomic E-state index is 2.48. The van der Waals surface area contributed by atoms with Crippen LogP contribution in [0.15, 0.2) is 176 Å². The van der Waals surface area contributed by atoms with E-state index < -0.39 is 5.41 Å². The van der Waals surface area contributed by atoms with Gasteiger partial charge in [0, 0.05) is 22.2 Å². The summed E-state index contributed by atoms with van der Waals surface area (Å²) in [5.74, 6) is 0. The minimum atomic E-state index is -0.412. The van der Waals surface area contributed by atoms with Crippen LogP contribution in [0, 0.1) is 13.8 Å². The van der Waals surface area contributed by atoms with Crippen LogP contribution >= 0.6 is 0 Å². The lowest BCUT2D eigenvalue weighted by Crippen LogP contribution is -2.28. The monoisotopic (exact) mass is 661 g/mol. The second-order valence-electron chi connectivity index (χ2n) is 14.5. The lowest BCUT2D eigenvalue weighted by molar-refractivity contribution is 0.769. The lowest BCUT2D eigenvalue weighted by atomic mass is 9.67. The Morgan fingerprint density at radius 1 is 0.423 bits per heavy atom. The summed E-state index contributed by atoms with van der Waals surface area (Å²) in [5.41, 5.74) is 15.0. The van der Waals surface area contributed by atoms with Crippen LogP contribution in [0.5, 0.6) is 0 Å². The molecule has 0 amide bonds. The minimum Gasteiger partial charge on any atom is -0.313 e. The first-order chi connectivity index (χ1) is 25.6. The number of aryl methyl sites for hydroxylation is 1. The molecule has 0 fully saturated rings. The summed E-state index contributed by atoms with van der Waals surface area (Å²) >= 11 is 0. The molecule has 11 rings (SSSR count). The summed E-state index contributed by atoms with van der Waals surface area (Å²) in [5, 5.41) is 9.26. The van der Waals surface area contributed by atoms with Gasteiger partial charge in [0.25, 0.3) is 0 Å². The molecule has 9 aromatic carbocycles. The molecule has 0 radical (unpaired) electrons. The van der Waals surface area contributed by atoms with E-state index in [1.54, 1.807) is 0 Å². The highest BCUT2D eigenvalue weighted by atomic mass is 15.0. The van der Waals surface area contributed by atoms with Crippen molar-refractivity contribution in [2.75, 3.05) is 0 Å². The van der Waals surface area contributed by atoms with Crippen molar-refractivity contribution in [3.8, 4) is 27.9 Å². The Kier molecular flexibility index (Phi) is 6.08. The highest BCUT2D eigenvalue weighted by Crippen LogP contribution is 2.56. The minimum absolute atomic E-state index is 0.412. The highest BCUT2D eigenvalue weighted by molar-refractivity contribution is 6.29. The molecule has 1 aliphatic rings. The molecular formula is C51H35N. The van der Waals surface area contributed by atoms with E-state index in [9.17, 15) is 0 Å². The summed E-state index contributed by atoms with van der Waals surface area (Å²) in [7, 11) is 0. The number of benzene rings is 9. The first-order valence-electron chi connectivity index (χ1n) is 18.3. The van der Waals surface area contributed by atoms with Crippen molar-refractivity contribution < 1.29 is 0 Å². The van der Waals surface area contributed by atoms with E-state index in [4.69, 9.17) is 0 Å². The van der Waals surface area contributed by atoms with Crippen molar-refractivity contribution in [1.82, 2.24) is 4.57 Å². The van der Waals surface area contributed by atoms with Gasteiger partial charge in [0.1, 0.15) is 0 Å². The molecule has 0 N–H and O–H groups in total. The largest absolute Gasteiger partial charge is 0.313 e. The topological polar surface area (TPSA) is 4.93 Å². The summed E-state index contributed by atoms with van der Waals surface area (Å²) in [6.07, 6.45) is 0.